The molecule has 0 aromatic carbocycles. The average Bonchev–Trinajstić information content (AvgIpc) is 2.65. The Balaban J connectivity index is 1.73. The molecule has 0 aromatic heterocycles. The molecule has 17 heavy (non-hydrogen) atoms. The summed E-state index contributed by atoms with van der Waals surface area (Å²) in [6, 6.07) is 0. The first-order chi connectivity index (χ1) is 8.00. The minimum Gasteiger partial charge on any atom is -0.368 e. The molecule has 2 saturated carbocycles. The van der Waals surface area contributed by atoms with Crippen LogP contribution in [0.3, 0.4) is 0 Å². The Kier molecular flexibility index (Phi) is 1.32. The van der Waals surface area contributed by atoms with E-state index < -0.39 is 17.9 Å². The van der Waals surface area contributed by atoms with E-state index in [1.807, 2.05) is 6.92 Å². The number of fused-ring (bicyclic) bond motifs is 2. The molecule has 1 spiro atoms. The second-order valence-electron chi connectivity index (χ2n) is 6.87. The number of rotatable bonds is 0. The highest BCUT2D eigenvalue weighted by molar-refractivity contribution is 5.24. The molecule has 5 aliphatic rings. The zero-order valence-corrected chi connectivity index (χ0v) is 10.2. The molecule has 94 valence electrons. The van der Waals surface area contributed by atoms with E-state index >= 15 is 0 Å². The fourth-order valence-corrected chi connectivity index (χ4v) is 5.69. The molecule has 0 amide bonds. The number of ether oxygens (including phenoxy) is 3. The summed E-state index contributed by atoms with van der Waals surface area (Å²) in [5, 5.41) is 10.2. The highest BCUT2D eigenvalue weighted by atomic mass is 16.8. The van der Waals surface area contributed by atoms with Crippen LogP contribution in [0.1, 0.15) is 26.7 Å². The number of hydrogen-bond donors (Lipinski definition) is 1. The van der Waals surface area contributed by atoms with Gasteiger partial charge >= 0.3 is 0 Å². The summed E-state index contributed by atoms with van der Waals surface area (Å²) in [5.41, 5.74) is 0.300. The summed E-state index contributed by atoms with van der Waals surface area (Å²) in [4.78, 5) is 0. The molecule has 4 heteroatoms. The lowest BCUT2D eigenvalue weighted by atomic mass is 9.83. The Morgan fingerprint density at radius 1 is 1.06 bits per heavy atom. The van der Waals surface area contributed by atoms with Gasteiger partial charge in [-0.15, -0.1) is 0 Å². The van der Waals surface area contributed by atoms with Gasteiger partial charge in [0.15, 0.2) is 17.9 Å². The number of hydrogen-bond acceptors (Lipinski definition) is 4. The molecular weight excluding hydrogens is 220 g/mol. The maximum absolute atomic E-state index is 10.2. The summed E-state index contributed by atoms with van der Waals surface area (Å²) in [7, 11) is 0. The highest BCUT2D eigenvalue weighted by Gasteiger charge is 2.83. The SMILES string of the molecule is C[C@]12O[C@H](O)[C@@H]3[C@H]1[C@H]1[C@H](CO[C@@]1(C)O2)C31CC1. The third kappa shape index (κ3) is 0.793. The zero-order valence-electron chi connectivity index (χ0n) is 10.2. The van der Waals surface area contributed by atoms with Gasteiger partial charge in [-0.25, -0.2) is 0 Å². The third-order valence-corrected chi connectivity index (χ3v) is 6.26. The fourth-order valence-electron chi connectivity index (χ4n) is 5.69. The van der Waals surface area contributed by atoms with Crippen LogP contribution in [0.2, 0.25) is 0 Å². The minimum atomic E-state index is -0.636. The van der Waals surface area contributed by atoms with Crippen molar-refractivity contribution in [3.05, 3.63) is 0 Å². The molecule has 2 aliphatic carbocycles. The van der Waals surface area contributed by atoms with Gasteiger partial charge in [0, 0.05) is 17.8 Å². The van der Waals surface area contributed by atoms with E-state index in [4.69, 9.17) is 14.2 Å². The highest BCUT2D eigenvalue weighted by Crippen LogP contribution is 2.79. The van der Waals surface area contributed by atoms with Gasteiger partial charge in [-0.1, -0.05) is 0 Å². The van der Waals surface area contributed by atoms with Crippen LogP contribution in [-0.2, 0) is 14.2 Å². The van der Waals surface area contributed by atoms with Gasteiger partial charge in [-0.05, 0) is 38.0 Å². The lowest BCUT2D eigenvalue weighted by molar-refractivity contribution is -0.321. The lowest BCUT2D eigenvalue weighted by Gasteiger charge is -2.28. The van der Waals surface area contributed by atoms with Crippen molar-refractivity contribution >= 4 is 0 Å². The first-order valence-corrected chi connectivity index (χ1v) is 6.70. The van der Waals surface area contributed by atoms with Crippen molar-refractivity contribution in [3.63, 3.8) is 0 Å². The molecule has 4 nitrogen and oxygen atoms in total. The van der Waals surface area contributed by atoms with Gasteiger partial charge in [0.2, 0.25) is 0 Å². The lowest BCUT2D eigenvalue weighted by Crippen LogP contribution is -2.35. The van der Waals surface area contributed by atoms with Gasteiger partial charge in [-0.3, -0.25) is 0 Å². The van der Waals surface area contributed by atoms with Gasteiger partial charge in [0.05, 0.1) is 6.61 Å². The Labute approximate surface area is 100 Å². The molecule has 3 heterocycles. The molecule has 1 N–H and O–H groups in total. The Hall–Kier alpha value is -0.160. The van der Waals surface area contributed by atoms with E-state index in [-0.39, 0.29) is 5.92 Å². The quantitative estimate of drug-likeness (QED) is 0.686. The third-order valence-electron chi connectivity index (χ3n) is 6.26. The molecular formula is C13H18O4. The fraction of sp³-hybridized carbons (Fsp3) is 1.00. The summed E-state index contributed by atoms with van der Waals surface area (Å²) >= 11 is 0. The summed E-state index contributed by atoms with van der Waals surface area (Å²) in [6.07, 6.45) is 1.82. The van der Waals surface area contributed by atoms with Gasteiger partial charge in [0.25, 0.3) is 0 Å². The Morgan fingerprint density at radius 3 is 2.53 bits per heavy atom. The smallest absolute Gasteiger partial charge is 0.175 e. The van der Waals surface area contributed by atoms with E-state index in [9.17, 15) is 5.11 Å². The number of aliphatic hydroxyl groups excluding tert-OH is 1. The molecule has 5 fully saturated rings. The molecule has 0 radical (unpaired) electrons. The Bertz CT molecular complexity index is 420. The molecule has 5 rings (SSSR count). The van der Waals surface area contributed by atoms with Crippen LogP contribution in [0.25, 0.3) is 0 Å². The van der Waals surface area contributed by atoms with Gasteiger partial charge in [-0.2, -0.15) is 0 Å². The van der Waals surface area contributed by atoms with E-state index in [0.29, 0.717) is 23.2 Å². The van der Waals surface area contributed by atoms with Crippen LogP contribution in [0.15, 0.2) is 0 Å². The monoisotopic (exact) mass is 238 g/mol. The normalized spacial score (nSPS) is 69.0. The second kappa shape index (κ2) is 2.31. The van der Waals surface area contributed by atoms with Crippen molar-refractivity contribution in [3.8, 4) is 0 Å². The van der Waals surface area contributed by atoms with E-state index in [1.54, 1.807) is 0 Å². The first kappa shape index (κ1) is 9.73. The average molecular weight is 238 g/mol. The largest absolute Gasteiger partial charge is 0.368 e. The van der Waals surface area contributed by atoms with Crippen LogP contribution in [-0.4, -0.2) is 29.6 Å². The number of aliphatic hydroxyl groups is 1. The maximum Gasteiger partial charge on any atom is 0.175 e. The first-order valence-electron chi connectivity index (χ1n) is 6.70. The molecule has 0 aromatic rings. The van der Waals surface area contributed by atoms with Crippen molar-refractivity contribution in [2.24, 2.45) is 29.1 Å². The van der Waals surface area contributed by atoms with Crippen LogP contribution < -0.4 is 0 Å². The summed E-state index contributed by atoms with van der Waals surface area (Å²) in [5.74, 6) is 0.466. The van der Waals surface area contributed by atoms with Crippen LogP contribution in [0.5, 0.6) is 0 Å². The summed E-state index contributed by atoms with van der Waals surface area (Å²) < 4.78 is 17.8. The van der Waals surface area contributed by atoms with Crippen molar-refractivity contribution in [1.29, 1.82) is 0 Å². The van der Waals surface area contributed by atoms with E-state index in [2.05, 4.69) is 6.92 Å². The summed E-state index contributed by atoms with van der Waals surface area (Å²) in [6.45, 7) is 4.83. The maximum atomic E-state index is 10.2. The molecule has 0 unspecified atom stereocenters. The van der Waals surface area contributed by atoms with Gasteiger partial charge < -0.3 is 19.3 Å². The van der Waals surface area contributed by atoms with Gasteiger partial charge in [0.1, 0.15) is 0 Å². The molecule has 7 atom stereocenters. The van der Waals surface area contributed by atoms with Crippen LogP contribution >= 0.6 is 0 Å². The topological polar surface area (TPSA) is 47.9 Å². The standard InChI is InChI=1S/C13H18O4/c1-11-7-6(5-15-11)13(3-4-13)9-8(7)12(2,17-11)16-10(9)14/h6-10,14H,3-5H2,1-2H3/t6-,7+,8+,9-,10-,11-,12+/m0/s1. The van der Waals surface area contributed by atoms with Crippen LogP contribution in [0, 0.1) is 29.1 Å². The van der Waals surface area contributed by atoms with E-state index in [0.717, 1.165) is 6.61 Å². The minimum absolute atomic E-state index is 0.272. The zero-order chi connectivity index (χ0) is 11.6. The predicted molar refractivity (Wildman–Crippen MR) is 56.6 cm³/mol. The Morgan fingerprint density at radius 2 is 1.82 bits per heavy atom. The molecule has 3 aliphatic heterocycles. The predicted octanol–water partition coefficient (Wildman–Crippen LogP) is 1.09. The van der Waals surface area contributed by atoms with Crippen molar-refractivity contribution in [2.75, 3.05) is 6.61 Å². The molecule has 3 saturated heterocycles. The second-order valence-corrected chi connectivity index (χ2v) is 6.87. The van der Waals surface area contributed by atoms with Crippen molar-refractivity contribution in [2.45, 2.75) is 44.6 Å². The van der Waals surface area contributed by atoms with Crippen molar-refractivity contribution < 1.29 is 19.3 Å². The molecule has 0 bridgehead atoms. The van der Waals surface area contributed by atoms with Crippen molar-refractivity contribution in [1.82, 2.24) is 0 Å². The van der Waals surface area contributed by atoms with Crippen LogP contribution in [0.4, 0.5) is 0 Å². The van der Waals surface area contributed by atoms with E-state index in [1.165, 1.54) is 12.8 Å².